The highest BCUT2D eigenvalue weighted by Gasteiger charge is 2.30. The molecule has 0 radical (unpaired) electrons. The molecule has 1 aromatic rings. The molecule has 0 atom stereocenters. The van der Waals surface area contributed by atoms with E-state index in [1.165, 1.54) is 0 Å². The van der Waals surface area contributed by atoms with Crippen LogP contribution in [0.2, 0.25) is 5.15 Å². The first-order valence-electron chi connectivity index (χ1n) is 7.14. The van der Waals surface area contributed by atoms with Gasteiger partial charge in [-0.2, -0.15) is 0 Å². The van der Waals surface area contributed by atoms with E-state index in [2.05, 4.69) is 9.88 Å². The van der Waals surface area contributed by atoms with Crippen LogP contribution in [-0.2, 0) is 4.79 Å². The van der Waals surface area contributed by atoms with Crippen molar-refractivity contribution in [1.29, 1.82) is 0 Å². The second-order valence-electron chi connectivity index (χ2n) is 5.76. The van der Waals surface area contributed by atoms with Gasteiger partial charge in [-0.25, -0.2) is 9.97 Å². The summed E-state index contributed by atoms with van der Waals surface area (Å²) in [5, 5.41) is 0.550. The van der Waals surface area contributed by atoms with E-state index in [-0.39, 0.29) is 11.8 Å². The number of nitrogens with zero attached hydrogens (tertiary/aromatic N) is 3. The molecular weight excluding hydrogens is 276 g/mol. The zero-order valence-corrected chi connectivity index (χ0v) is 12.4. The number of carbonyl (C=O) groups is 1. The van der Waals surface area contributed by atoms with Gasteiger partial charge in [0.05, 0.1) is 0 Å². The summed E-state index contributed by atoms with van der Waals surface area (Å²) in [5.74, 6) is 2.07. The fraction of sp³-hybridized carbons (Fsp3) is 0.643. The average Bonchev–Trinajstić information content (AvgIpc) is 3.26. The number of amides is 1. The van der Waals surface area contributed by atoms with Crippen LogP contribution in [0.25, 0.3) is 0 Å². The number of hydrogen-bond donors (Lipinski definition) is 1. The molecule has 2 fully saturated rings. The van der Waals surface area contributed by atoms with Crippen molar-refractivity contribution in [3.8, 4) is 0 Å². The normalized spacial score (nSPS) is 20.2. The van der Waals surface area contributed by atoms with Crippen LogP contribution < -0.4 is 10.6 Å². The molecular formula is C14H19ClN4O. The Morgan fingerprint density at radius 1 is 1.25 bits per heavy atom. The van der Waals surface area contributed by atoms with Gasteiger partial charge in [0, 0.05) is 30.5 Å². The molecule has 1 amide bonds. The number of nitrogens with two attached hydrogens (primary N) is 1. The third-order valence-corrected chi connectivity index (χ3v) is 4.59. The lowest BCUT2D eigenvalue weighted by Crippen LogP contribution is -2.39. The summed E-state index contributed by atoms with van der Waals surface area (Å²) >= 11 is 6.24. The van der Waals surface area contributed by atoms with Crippen LogP contribution in [0.1, 0.15) is 43.0 Å². The Labute approximate surface area is 123 Å². The van der Waals surface area contributed by atoms with Crippen molar-refractivity contribution in [1.82, 2.24) is 9.97 Å². The molecule has 1 aliphatic heterocycles. The smallest absolute Gasteiger partial charge is 0.220 e. The number of piperidine rings is 1. The van der Waals surface area contributed by atoms with Crippen molar-refractivity contribution in [2.24, 2.45) is 11.7 Å². The molecule has 5 nitrogen and oxygen atoms in total. The maximum Gasteiger partial charge on any atom is 0.220 e. The number of carbonyl (C=O) groups excluding carboxylic acids is 1. The fourth-order valence-corrected chi connectivity index (χ4v) is 2.87. The van der Waals surface area contributed by atoms with Gasteiger partial charge in [-0.05, 0) is 32.6 Å². The fourth-order valence-electron chi connectivity index (χ4n) is 2.70. The highest BCUT2D eigenvalue weighted by atomic mass is 35.5. The summed E-state index contributed by atoms with van der Waals surface area (Å²) in [6.45, 7) is 3.55. The second kappa shape index (κ2) is 5.20. The lowest BCUT2D eigenvalue weighted by atomic mass is 9.96. The van der Waals surface area contributed by atoms with Gasteiger partial charge in [-0.1, -0.05) is 11.6 Å². The summed E-state index contributed by atoms with van der Waals surface area (Å²) in [6, 6.07) is 0. The van der Waals surface area contributed by atoms with E-state index in [4.69, 9.17) is 22.3 Å². The van der Waals surface area contributed by atoms with Gasteiger partial charge in [-0.3, -0.25) is 4.79 Å². The van der Waals surface area contributed by atoms with Gasteiger partial charge >= 0.3 is 0 Å². The average molecular weight is 295 g/mol. The van der Waals surface area contributed by atoms with Gasteiger partial charge in [-0.15, -0.1) is 0 Å². The van der Waals surface area contributed by atoms with Crippen LogP contribution in [-0.4, -0.2) is 29.0 Å². The largest absolute Gasteiger partial charge is 0.369 e. The Balaban J connectivity index is 1.81. The molecule has 6 heteroatoms. The minimum Gasteiger partial charge on any atom is -0.369 e. The summed E-state index contributed by atoms with van der Waals surface area (Å²) in [6.07, 6.45) is 3.88. The number of anilines is 1. The molecule has 0 bridgehead atoms. The van der Waals surface area contributed by atoms with E-state index in [0.717, 1.165) is 56.0 Å². The highest BCUT2D eigenvalue weighted by molar-refractivity contribution is 6.30. The zero-order chi connectivity index (χ0) is 14.3. The van der Waals surface area contributed by atoms with E-state index in [0.29, 0.717) is 11.1 Å². The molecule has 2 heterocycles. The molecule has 0 spiro atoms. The standard InChI is InChI=1S/C14H19ClN4O/c1-8-11(15)17-13(10-2-3-10)18-14(8)19-6-4-9(5-7-19)12(16)20/h9-10H,2-7H2,1H3,(H2,16,20). The zero-order valence-electron chi connectivity index (χ0n) is 11.6. The SMILES string of the molecule is Cc1c(Cl)nc(C2CC2)nc1N1CCC(C(N)=O)CC1. The maximum atomic E-state index is 11.2. The molecule has 108 valence electrons. The van der Waals surface area contributed by atoms with Crippen LogP contribution in [0.4, 0.5) is 5.82 Å². The number of rotatable bonds is 3. The van der Waals surface area contributed by atoms with Crippen molar-refractivity contribution in [3.05, 3.63) is 16.5 Å². The minimum absolute atomic E-state index is 0.00762. The predicted octanol–water partition coefficient (Wildman–Crippen LogP) is 2.02. The second-order valence-corrected chi connectivity index (χ2v) is 6.12. The van der Waals surface area contributed by atoms with Crippen molar-refractivity contribution in [3.63, 3.8) is 0 Å². The van der Waals surface area contributed by atoms with Gasteiger partial charge < -0.3 is 10.6 Å². The molecule has 1 saturated heterocycles. The van der Waals surface area contributed by atoms with Gasteiger partial charge in [0.1, 0.15) is 16.8 Å². The van der Waals surface area contributed by atoms with Gasteiger partial charge in [0.15, 0.2) is 0 Å². The summed E-state index contributed by atoms with van der Waals surface area (Å²) < 4.78 is 0. The predicted molar refractivity (Wildman–Crippen MR) is 77.9 cm³/mol. The Morgan fingerprint density at radius 3 is 2.45 bits per heavy atom. The first kappa shape index (κ1) is 13.6. The Bertz CT molecular complexity index is 536. The minimum atomic E-state index is -0.194. The lowest BCUT2D eigenvalue weighted by Gasteiger charge is -2.32. The molecule has 0 aromatic carbocycles. The van der Waals surface area contributed by atoms with Gasteiger partial charge in [0.25, 0.3) is 0 Å². The quantitative estimate of drug-likeness (QED) is 0.866. The third-order valence-electron chi connectivity index (χ3n) is 4.22. The van der Waals surface area contributed by atoms with E-state index >= 15 is 0 Å². The Hall–Kier alpha value is -1.36. The highest BCUT2D eigenvalue weighted by Crippen LogP contribution is 2.40. The molecule has 2 aliphatic rings. The first-order valence-corrected chi connectivity index (χ1v) is 7.52. The van der Waals surface area contributed by atoms with Crippen LogP contribution in [0.3, 0.4) is 0 Å². The van der Waals surface area contributed by atoms with Crippen LogP contribution in [0, 0.1) is 12.8 Å². The van der Waals surface area contributed by atoms with Crippen molar-refractivity contribution >= 4 is 23.3 Å². The third kappa shape index (κ3) is 2.59. The Kier molecular flexibility index (Phi) is 3.54. The van der Waals surface area contributed by atoms with E-state index in [9.17, 15) is 4.79 Å². The first-order chi connectivity index (χ1) is 9.56. The number of halogens is 1. The topological polar surface area (TPSA) is 72.1 Å². The number of primary amides is 1. The molecule has 1 saturated carbocycles. The molecule has 0 unspecified atom stereocenters. The van der Waals surface area contributed by atoms with E-state index < -0.39 is 0 Å². The van der Waals surface area contributed by atoms with E-state index in [1.807, 2.05) is 6.92 Å². The molecule has 20 heavy (non-hydrogen) atoms. The monoisotopic (exact) mass is 294 g/mol. The van der Waals surface area contributed by atoms with Crippen LogP contribution in [0.5, 0.6) is 0 Å². The molecule has 1 aromatic heterocycles. The van der Waals surface area contributed by atoms with E-state index in [1.54, 1.807) is 0 Å². The van der Waals surface area contributed by atoms with Crippen molar-refractivity contribution < 1.29 is 4.79 Å². The summed E-state index contributed by atoms with van der Waals surface area (Å²) in [7, 11) is 0. The number of hydrogen-bond acceptors (Lipinski definition) is 4. The molecule has 1 aliphatic carbocycles. The lowest BCUT2D eigenvalue weighted by molar-refractivity contribution is -0.122. The summed E-state index contributed by atoms with van der Waals surface area (Å²) in [4.78, 5) is 22.5. The van der Waals surface area contributed by atoms with Crippen molar-refractivity contribution in [2.75, 3.05) is 18.0 Å². The van der Waals surface area contributed by atoms with Crippen LogP contribution in [0.15, 0.2) is 0 Å². The summed E-state index contributed by atoms with van der Waals surface area (Å²) in [5.41, 5.74) is 6.30. The number of aromatic nitrogens is 2. The maximum absolute atomic E-state index is 11.2. The van der Waals surface area contributed by atoms with Crippen LogP contribution >= 0.6 is 11.6 Å². The van der Waals surface area contributed by atoms with Gasteiger partial charge in [0.2, 0.25) is 5.91 Å². The molecule has 3 rings (SSSR count). The Morgan fingerprint density at radius 2 is 1.90 bits per heavy atom. The molecule has 2 N–H and O–H groups in total. The van der Waals surface area contributed by atoms with Crippen molar-refractivity contribution in [2.45, 2.75) is 38.5 Å².